The van der Waals surface area contributed by atoms with Crippen LogP contribution in [0.3, 0.4) is 0 Å². The van der Waals surface area contributed by atoms with E-state index in [1.54, 1.807) is 11.3 Å². The van der Waals surface area contributed by atoms with Gasteiger partial charge in [0.05, 0.1) is 11.5 Å². The van der Waals surface area contributed by atoms with Crippen LogP contribution in [0.5, 0.6) is 0 Å². The summed E-state index contributed by atoms with van der Waals surface area (Å²) in [4.78, 5) is 7.07. The topological polar surface area (TPSA) is 39.7 Å². The minimum Gasteiger partial charge on any atom is -0.363 e. The molecule has 0 spiro atoms. The van der Waals surface area contributed by atoms with Crippen LogP contribution >= 0.6 is 51.2 Å². The molecule has 1 aliphatic heterocycles. The lowest BCUT2D eigenvalue weighted by atomic mass is 10.1. The maximum absolute atomic E-state index is 13.5. The molecule has 1 aromatic heterocycles. The number of benzene rings is 1. The van der Waals surface area contributed by atoms with E-state index in [0.29, 0.717) is 12.6 Å². The Bertz CT molecular complexity index is 713. The maximum atomic E-state index is 13.5. The molecular formula is C19H25BrFIN4S. The van der Waals surface area contributed by atoms with Gasteiger partial charge in [-0.25, -0.2) is 9.38 Å². The summed E-state index contributed by atoms with van der Waals surface area (Å²) in [6.07, 6.45) is 2.15. The van der Waals surface area contributed by atoms with Crippen molar-refractivity contribution in [2.45, 2.75) is 32.4 Å². The zero-order chi connectivity index (χ0) is 18.4. The molecular weight excluding hydrogens is 542 g/mol. The first-order valence-electron chi connectivity index (χ1n) is 8.92. The van der Waals surface area contributed by atoms with Crippen LogP contribution in [0.15, 0.2) is 45.2 Å². The lowest BCUT2D eigenvalue weighted by Crippen LogP contribution is -2.48. The predicted molar refractivity (Wildman–Crippen MR) is 127 cm³/mol. The molecule has 4 nitrogen and oxygen atoms in total. The summed E-state index contributed by atoms with van der Waals surface area (Å²) in [6, 6.07) is 9.57. The number of nitrogens with one attached hydrogen (secondary N) is 2. The number of aliphatic imine (C=N–C) groups is 1. The number of guanidine groups is 1. The molecule has 1 aliphatic rings. The third-order valence-corrected chi connectivity index (χ3v) is 5.73. The summed E-state index contributed by atoms with van der Waals surface area (Å²) in [5.74, 6) is 0.547. The van der Waals surface area contributed by atoms with E-state index in [1.807, 2.05) is 6.07 Å². The normalized spacial score (nSPS) is 15.4. The fraction of sp³-hybridized carbons (Fsp3) is 0.421. The van der Waals surface area contributed by atoms with E-state index in [-0.39, 0.29) is 29.8 Å². The molecule has 1 saturated heterocycles. The Morgan fingerprint density at radius 2 is 2.11 bits per heavy atom. The Morgan fingerprint density at radius 3 is 2.74 bits per heavy atom. The Hall–Kier alpha value is -0.870. The van der Waals surface area contributed by atoms with Crippen molar-refractivity contribution < 1.29 is 4.39 Å². The first-order valence-corrected chi connectivity index (χ1v) is 10.6. The SMILES string of the molecule is CCNC(=NCc1cc(F)cc(Br)c1)NC1CCN(c2cccs2)CC1.I. The van der Waals surface area contributed by atoms with Gasteiger partial charge in [0.25, 0.3) is 0 Å². The molecule has 3 rings (SSSR count). The van der Waals surface area contributed by atoms with Crippen LogP contribution in [0.4, 0.5) is 9.39 Å². The monoisotopic (exact) mass is 566 g/mol. The molecule has 27 heavy (non-hydrogen) atoms. The number of halogens is 3. The quantitative estimate of drug-likeness (QED) is 0.304. The second kappa shape index (κ2) is 11.2. The minimum absolute atomic E-state index is 0. The largest absolute Gasteiger partial charge is 0.363 e. The van der Waals surface area contributed by atoms with E-state index < -0.39 is 0 Å². The maximum Gasteiger partial charge on any atom is 0.191 e. The molecule has 0 saturated carbocycles. The van der Waals surface area contributed by atoms with Crippen LogP contribution in [0.25, 0.3) is 0 Å². The average Bonchev–Trinajstić information content (AvgIpc) is 3.14. The standard InChI is InChI=1S/C19H24BrFN4S.HI/c1-2-22-19(23-13-14-10-15(20)12-16(21)11-14)24-17-5-7-25(8-6-17)18-4-3-9-26-18;/h3-4,9-12,17H,2,5-8,13H2,1H3,(H2,22,23,24);1H. The molecule has 0 aliphatic carbocycles. The minimum atomic E-state index is -0.247. The lowest BCUT2D eigenvalue weighted by Gasteiger charge is -2.33. The molecule has 0 unspecified atom stereocenters. The molecule has 1 aromatic carbocycles. The van der Waals surface area contributed by atoms with E-state index >= 15 is 0 Å². The van der Waals surface area contributed by atoms with Crippen LogP contribution in [-0.4, -0.2) is 31.6 Å². The van der Waals surface area contributed by atoms with E-state index in [0.717, 1.165) is 48.5 Å². The van der Waals surface area contributed by atoms with Gasteiger partial charge in [-0.05, 0) is 61.0 Å². The fourth-order valence-electron chi connectivity index (χ4n) is 3.08. The second-order valence-corrected chi connectivity index (χ2v) is 8.17. The molecule has 8 heteroatoms. The third kappa shape index (κ3) is 6.90. The highest BCUT2D eigenvalue weighted by Gasteiger charge is 2.20. The van der Waals surface area contributed by atoms with E-state index in [1.165, 1.54) is 17.1 Å². The second-order valence-electron chi connectivity index (χ2n) is 6.33. The van der Waals surface area contributed by atoms with Gasteiger partial charge in [-0.15, -0.1) is 35.3 Å². The molecule has 0 atom stereocenters. The molecule has 2 N–H and O–H groups in total. The molecule has 148 valence electrons. The Labute approximate surface area is 189 Å². The average molecular weight is 567 g/mol. The number of hydrogen-bond acceptors (Lipinski definition) is 3. The first kappa shape index (κ1) is 22.4. The Morgan fingerprint density at radius 1 is 1.33 bits per heavy atom. The smallest absolute Gasteiger partial charge is 0.191 e. The summed E-state index contributed by atoms with van der Waals surface area (Å²) in [7, 11) is 0. The summed E-state index contributed by atoms with van der Waals surface area (Å²) in [5, 5.41) is 10.3. The highest BCUT2D eigenvalue weighted by Crippen LogP contribution is 2.24. The summed E-state index contributed by atoms with van der Waals surface area (Å²) >= 11 is 5.12. The highest BCUT2D eigenvalue weighted by atomic mass is 127. The van der Waals surface area contributed by atoms with Crippen molar-refractivity contribution in [3.8, 4) is 0 Å². The lowest BCUT2D eigenvalue weighted by molar-refractivity contribution is 0.463. The van der Waals surface area contributed by atoms with Gasteiger partial charge in [0.1, 0.15) is 5.82 Å². The molecule has 0 bridgehead atoms. The van der Waals surface area contributed by atoms with Crippen molar-refractivity contribution in [1.29, 1.82) is 0 Å². The van der Waals surface area contributed by atoms with Gasteiger partial charge in [-0.1, -0.05) is 15.9 Å². The number of piperidine rings is 1. The number of nitrogens with zero attached hydrogens (tertiary/aromatic N) is 2. The Balaban J connectivity index is 0.00000261. The van der Waals surface area contributed by atoms with Crippen molar-refractivity contribution in [1.82, 2.24) is 10.6 Å². The van der Waals surface area contributed by atoms with Crippen LogP contribution < -0.4 is 15.5 Å². The van der Waals surface area contributed by atoms with Crippen molar-refractivity contribution in [3.63, 3.8) is 0 Å². The number of rotatable bonds is 5. The van der Waals surface area contributed by atoms with Crippen molar-refractivity contribution in [3.05, 3.63) is 51.6 Å². The molecule has 0 amide bonds. The zero-order valence-corrected chi connectivity index (χ0v) is 20.0. The first-order chi connectivity index (χ1) is 12.6. The van der Waals surface area contributed by atoms with Crippen LogP contribution in [-0.2, 0) is 6.54 Å². The number of anilines is 1. The fourth-order valence-corrected chi connectivity index (χ4v) is 4.38. The van der Waals surface area contributed by atoms with Gasteiger partial charge >= 0.3 is 0 Å². The van der Waals surface area contributed by atoms with Gasteiger partial charge in [0.2, 0.25) is 0 Å². The van der Waals surface area contributed by atoms with Crippen molar-refractivity contribution in [2.24, 2.45) is 4.99 Å². The molecule has 2 heterocycles. The van der Waals surface area contributed by atoms with Crippen LogP contribution in [0, 0.1) is 5.82 Å². The van der Waals surface area contributed by atoms with E-state index in [4.69, 9.17) is 0 Å². The van der Waals surface area contributed by atoms with Gasteiger partial charge in [0.15, 0.2) is 5.96 Å². The predicted octanol–water partition coefficient (Wildman–Crippen LogP) is 4.99. The highest BCUT2D eigenvalue weighted by molar-refractivity contribution is 14.0. The van der Waals surface area contributed by atoms with E-state index in [2.05, 4.69) is 60.9 Å². The van der Waals surface area contributed by atoms with Crippen LogP contribution in [0.2, 0.25) is 0 Å². The molecule has 1 fully saturated rings. The van der Waals surface area contributed by atoms with Crippen LogP contribution in [0.1, 0.15) is 25.3 Å². The zero-order valence-electron chi connectivity index (χ0n) is 15.3. The van der Waals surface area contributed by atoms with Gasteiger partial charge in [-0.2, -0.15) is 0 Å². The van der Waals surface area contributed by atoms with Gasteiger partial charge in [-0.3, -0.25) is 0 Å². The molecule has 2 aromatic rings. The summed E-state index contributed by atoms with van der Waals surface area (Å²) in [6.45, 7) is 5.39. The van der Waals surface area contributed by atoms with E-state index in [9.17, 15) is 4.39 Å². The summed E-state index contributed by atoms with van der Waals surface area (Å²) < 4.78 is 14.3. The number of hydrogen-bond donors (Lipinski definition) is 2. The molecule has 0 radical (unpaired) electrons. The Kier molecular flexibility index (Phi) is 9.31. The van der Waals surface area contributed by atoms with Gasteiger partial charge in [0, 0.05) is 30.1 Å². The van der Waals surface area contributed by atoms with Gasteiger partial charge < -0.3 is 15.5 Å². The summed E-state index contributed by atoms with van der Waals surface area (Å²) in [5.41, 5.74) is 0.849. The third-order valence-electron chi connectivity index (χ3n) is 4.34. The van der Waals surface area contributed by atoms with Crippen molar-refractivity contribution in [2.75, 3.05) is 24.5 Å². The number of thiophene rings is 1. The van der Waals surface area contributed by atoms with Crippen molar-refractivity contribution >= 4 is 62.2 Å².